The number of amides is 1. The minimum atomic E-state index is -0.440. The first-order chi connectivity index (χ1) is 11.9. The molecule has 1 aromatic rings. The normalized spacial score (nSPS) is 18.6. The van der Waals surface area contributed by atoms with Gasteiger partial charge in [0.1, 0.15) is 5.60 Å². The lowest BCUT2D eigenvalue weighted by Gasteiger charge is -2.33. The van der Waals surface area contributed by atoms with E-state index in [1.165, 1.54) is 0 Å². The van der Waals surface area contributed by atoms with Gasteiger partial charge in [0.15, 0.2) is 0 Å². The van der Waals surface area contributed by atoms with Gasteiger partial charge < -0.3 is 19.1 Å². The van der Waals surface area contributed by atoms with E-state index >= 15 is 0 Å². The highest BCUT2D eigenvalue weighted by atomic mass is 16.6. The number of ether oxygens (including phenoxy) is 3. The monoisotopic (exact) mass is 351 g/mol. The van der Waals surface area contributed by atoms with Crippen molar-refractivity contribution in [3.8, 4) is 5.88 Å². The van der Waals surface area contributed by atoms with Crippen molar-refractivity contribution in [2.24, 2.45) is 5.92 Å². The molecule has 7 heteroatoms. The quantitative estimate of drug-likeness (QED) is 0.834. The number of hydrogen-bond donors (Lipinski definition) is 0. The van der Waals surface area contributed by atoms with Crippen molar-refractivity contribution in [2.45, 2.75) is 58.8 Å². The Labute approximate surface area is 149 Å². The average Bonchev–Trinajstić information content (AvgIpc) is 2.96. The molecule has 3 heterocycles. The fourth-order valence-corrected chi connectivity index (χ4v) is 3.13. The minimum Gasteiger partial charge on any atom is -0.478 e. The Kier molecular flexibility index (Phi) is 5.51. The SMILES string of the molecule is CC(C)(C)OC(=O)N1CCC(COCc2cc3n(n2)CCCO3)CC1. The summed E-state index contributed by atoms with van der Waals surface area (Å²) in [6.45, 7) is 10.0. The molecule has 0 unspecified atom stereocenters. The lowest BCUT2D eigenvalue weighted by molar-refractivity contribution is 0.0103. The van der Waals surface area contributed by atoms with Gasteiger partial charge in [-0.3, -0.25) is 0 Å². The molecule has 2 aliphatic rings. The number of piperidine rings is 1. The summed E-state index contributed by atoms with van der Waals surface area (Å²) in [6.07, 6.45) is 2.69. The van der Waals surface area contributed by atoms with E-state index in [-0.39, 0.29) is 6.09 Å². The molecule has 0 N–H and O–H groups in total. The van der Waals surface area contributed by atoms with Crippen LogP contribution in [-0.2, 0) is 22.6 Å². The van der Waals surface area contributed by atoms with Crippen molar-refractivity contribution in [1.82, 2.24) is 14.7 Å². The molecule has 0 saturated carbocycles. The van der Waals surface area contributed by atoms with Crippen LogP contribution in [0, 0.1) is 5.92 Å². The molecule has 0 aliphatic carbocycles. The molecule has 0 bridgehead atoms. The van der Waals surface area contributed by atoms with E-state index < -0.39 is 5.60 Å². The van der Waals surface area contributed by atoms with Crippen LogP contribution in [-0.4, -0.2) is 52.7 Å². The van der Waals surface area contributed by atoms with Crippen molar-refractivity contribution in [2.75, 3.05) is 26.3 Å². The maximum atomic E-state index is 12.1. The largest absolute Gasteiger partial charge is 0.478 e. The standard InChI is InChI=1S/C18H29N3O4/c1-18(2,3)25-17(22)20-8-5-14(6-9-20)12-23-13-15-11-16-21(19-15)7-4-10-24-16/h11,14H,4-10,12-13H2,1-3H3. The van der Waals surface area contributed by atoms with Crippen molar-refractivity contribution < 1.29 is 19.0 Å². The maximum absolute atomic E-state index is 12.1. The molecule has 3 rings (SSSR count). The Bertz CT molecular complexity index is 562. The van der Waals surface area contributed by atoms with Crippen LogP contribution in [0.2, 0.25) is 0 Å². The Morgan fingerprint density at radius 2 is 2.08 bits per heavy atom. The van der Waals surface area contributed by atoms with Crippen LogP contribution in [0.4, 0.5) is 4.79 Å². The number of carbonyl (C=O) groups is 1. The third-order valence-electron chi connectivity index (χ3n) is 4.43. The topological polar surface area (TPSA) is 65.8 Å². The number of nitrogens with zero attached hydrogens (tertiary/aromatic N) is 3. The molecule has 25 heavy (non-hydrogen) atoms. The Balaban J connectivity index is 1.37. The van der Waals surface area contributed by atoms with Gasteiger partial charge in [0.05, 0.1) is 25.5 Å². The number of aryl methyl sites for hydroxylation is 1. The van der Waals surface area contributed by atoms with E-state index in [2.05, 4.69) is 5.10 Å². The van der Waals surface area contributed by atoms with E-state index in [9.17, 15) is 4.79 Å². The highest BCUT2D eigenvalue weighted by Gasteiger charge is 2.27. The lowest BCUT2D eigenvalue weighted by Crippen LogP contribution is -2.42. The summed E-state index contributed by atoms with van der Waals surface area (Å²) in [5, 5.41) is 4.50. The van der Waals surface area contributed by atoms with Crippen LogP contribution in [0.1, 0.15) is 45.7 Å². The van der Waals surface area contributed by atoms with Gasteiger partial charge in [-0.2, -0.15) is 5.10 Å². The summed E-state index contributed by atoms with van der Waals surface area (Å²) in [7, 11) is 0. The van der Waals surface area contributed by atoms with Gasteiger partial charge in [-0.05, 0) is 39.5 Å². The Hall–Kier alpha value is -1.76. The molecule has 0 aromatic carbocycles. The fraction of sp³-hybridized carbons (Fsp3) is 0.778. The molecule has 140 valence electrons. The molecule has 1 amide bonds. The molecule has 2 aliphatic heterocycles. The zero-order valence-electron chi connectivity index (χ0n) is 15.5. The minimum absolute atomic E-state index is 0.213. The van der Waals surface area contributed by atoms with Crippen LogP contribution < -0.4 is 4.74 Å². The predicted molar refractivity (Wildman–Crippen MR) is 92.5 cm³/mol. The smallest absolute Gasteiger partial charge is 0.410 e. The van der Waals surface area contributed by atoms with Gasteiger partial charge in [-0.15, -0.1) is 0 Å². The molecule has 1 saturated heterocycles. The Morgan fingerprint density at radius 3 is 2.76 bits per heavy atom. The highest BCUT2D eigenvalue weighted by Crippen LogP contribution is 2.22. The van der Waals surface area contributed by atoms with Crippen LogP contribution in [0.15, 0.2) is 6.07 Å². The predicted octanol–water partition coefficient (Wildman–Crippen LogP) is 2.83. The summed E-state index contributed by atoms with van der Waals surface area (Å²) in [6, 6.07) is 1.96. The van der Waals surface area contributed by atoms with Gasteiger partial charge in [-0.25, -0.2) is 9.48 Å². The molecule has 0 spiro atoms. The van der Waals surface area contributed by atoms with Crippen LogP contribution in [0.3, 0.4) is 0 Å². The van der Waals surface area contributed by atoms with E-state index in [1.54, 1.807) is 4.90 Å². The van der Waals surface area contributed by atoms with E-state index in [0.717, 1.165) is 57.1 Å². The molecular weight excluding hydrogens is 322 g/mol. The number of carbonyl (C=O) groups excluding carboxylic acids is 1. The van der Waals surface area contributed by atoms with Gasteiger partial charge in [0.2, 0.25) is 5.88 Å². The summed E-state index contributed by atoms with van der Waals surface area (Å²) >= 11 is 0. The number of rotatable bonds is 4. The first kappa shape index (κ1) is 18.0. The first-order valence-corrected chi connectivity index (χ1v) is 9.16. The molecule has 1 aromatic heterocycles. The van der Waals surface area contributed by atoms with Crippen LogP contribution in [0.25, 0.3) is 0 Å². The number of hydrogen-bond acceptors (Lipinski definition) is 5. The van der Waals surface area contributed by atoms with E-state index in [1.807, 2.05) is 31.5 Å². The van der Waals surface area contributed by atoms with E-state index in [0.29, 0.717) is 19.1 Å². The third kappa shape index (κ3) is 5.11. The molecule has 0 radical (unpaired) electrons. The van der Waals surface area contributed by atoms with Crippen molar-refractivity contribution >= 4 is 6.09 Å². The van der Waals surface area contributed by atoms with Crippen molar-refractivity contribution in [3.05, 3.63) is 11.8 Å². The second-order valence-corrected chi connectivity index (χ2v) is 7.82. The van der Waals surface area contributed by atoms with E-state index in [4.69, 9.17) is 14.2 Å². The van der Waals surface area contributed by atoms with Crippen LogP contribution >= 0.6 is 0 Å². The second kappa shape index (κ2) is 7.64. The Morgan fingerprint density at radius 1 is 1.32 bits per heavy atom. The van der Waals surface area contributed by atoms with Crippen molar-refractivity contribution in [3.63, 3.8) is 0 Å². The van der Waals surface area contributed by atoms with Crippen molar-refractivity contribution in [1.29, 1.82) is 0 Å². The van der Waals surface area contributed by atoms with Gasteiger partial charge in [-0.1, -0.05) is 0 Å². The highest BCUT2D eigenvalue weighted by molar-refractivity contribution is 5.68. The molecular formula is C18H29N3O4. The van der Waals surface area contributed by atoms with Gasteiger partial charge >= 0.3 is 6.09 Å². The summed E-state index contributed by atoms with van der Waals surface area (Å²) in [5.74, 6) is 1.32. The van der Waals surface area contributed by atoms with Crippen LogP contribution in [0.5, 0.6) is 5.88 Å². The zero-order valence-corrected chi connectivity index (χ0v) is 15.5. The lowest BCUT2D eigenvalue weighted by atomic mass is 9.98. The summed E-state index contributed by atoms with van der Waals surface area (Å²) in [4.78, 5) is 13.9. The first-order valence-electron chi connectivity index (χ1n) is 9.16. The average molecular weight is 351 g/mol. The number of aromatic nitrogens is 2. The summed E-state index contributed by atoms with van der Waals surface area (Å²) in [5.41, 5.74) is 0.480. The molecule has 0 atom stereocenters. The molecule has 1 fully saturated rings. The fourth-order valence-electron chi connectivity index (χ4n) is 3.13. The zero-order chi connectivity index (χ0) is 17.9. The van der Waals surface area contributed by atoms with Gasteiger partial charge in [0.25, 0.3) is 0 Å². The molecule has 7 nitrogen and oxygen atoms in total. The number of likely N-dealkylation sites (tertiary alicyclic amines) is 1. The maximum Gasteiger partial charge on any atom is 0.410 e. The second-order valence-electron chi connectivity index (χ2n) is 7.82. The third-order valence-corrected chi connectivity index (χ3v) is 4.43. The number of fused-ring (bicyclic) bond motifs is 1. The van der Waals surface area contributed by atoms with Gasteiger partial charge in [0, 0.05) is 32.1 Å². The summed E-state index contributed by atoms with van der Waals surface area (Å²) < 4.78 is 18.7.